The highest BCUT2D eigenvalue weighted by molar-refractivity contribution is 9.10. The Bertz CT molecular complexity index is 1390. The van der Waals surface area contributed by atoms with E-state index < -0.39 is 11.8 Å². The number of ether oxygens (including phenoxy) is 1. The fourth-order valence-corrected chi connectivity index (χ4v) is 5.04. The predicted molar refractivity (Wildman–Crippen MR) is 137 cm³/mol. The van der Waals surface area contributed by atoms with Crippen molar-refractivity contribution in [3.8, 4) is 5.75 Å². The molecule has 1 heterocycles. The highest BCUT2D eigenvalue weighted by atomic mass is 79.9. The number of hydrazine groups is 1. The zero-order valence-corrected chi connectivity index (χ0v) is 20.8. The third-order valence-corrected chi connectivity index (χ3v) is 6.99. The van der Waals surface area contributed by atoms with Gasteiger partial charge in [-0.2, -0.15) is 0 Å². The van der Waals surface area contributed by atoms with Gasteiger partial charge in [0.05, 0.1) is 12.1 Å². The molecule has 172 valence electrons. The maximum Gasteiger partial charge on any atom is 0.281 e. The molecule has 0 bridgehead atoms. The van der Waals surface area contributed by atoms with Gasteiger partial charge in [-0.05, 0) is 60.7 Å². The van der Waals surface area contributed by atoms with Crippen LogP contribution < -0.4 is 20.9 Å². The number of nitrogens with one attached hydrogen (secondary N) is 3. The van der Waals surface area contributed by atoms with E-state index in [1.165, 1.54) is 23.5 Å². The van der Waals surface area contributed by atoms with Crippen LogP contribution in [0.5, 0.6) is 5.75 Å². The topological polar surface area (TPSA) is 96.5 Å². The van der Waals surface area contributed by atoms with E-state index in [1.807, 2.05) is 18.2 Å². The Morgan fingerprint density at radius 2 is 1.47 bits per heavy atom. The second-order valence-electron chi connectivity index (χ2n) is 7.05. The van der Waals surface area contributed by atoms with Crippen molar-refractivity contribution in [1.82, 2.24) is 10.9 Å². The molecule has 7 nitrogen and oxygen atoms in total. The second kappa shape index (κ2) is 10.3. The average molecular weight is 559 g/mol. The van der Waals surface area contributed by atoms with Crippen LogP contribution in [0.4, 0.5) is 5.69 Å². The number of thiophene rings is 1. The lowest BCUT2D eigenvalue weighted by atomic mass is 10.1. The van der Waals surface area contributed by atoms with Crippen molar-refractivity contribution in [1.29, 1.82) is 0 Å². The number of anilines is 1. The first-order chi connectivity index (χ1) is 16.4. The maximum absolute atomic E-state index is 12.5. The molecular weight excluding hydrogens is 542 g/mol. The zero-order valence-electron chi connectivity index (χ0n) is 17.6. The summed E-state index contributed by atoms with van der Waals surface area (Å²) < 4.78 is 6.81. The van der Waals surface area contributed by atoms with Crippen LogP contribution in [0.1, 0.15) is 30.4 Å². The van der Waals surface area contributed by atoms with Crippen LogP contribution in [0, 0.1) is 0 Å². The van der Waals surface area contributed by atoms with Gasteiger partial charge in [0.25, 0.3) is 17.7 Å². The van der Waals surface area contributed by atoms with Gasteiger partial charge in [0.15, 0.2) is 0 Å². The van der Waals surface area contributed by atoms with Gasteiger partial charge in [0.1, 0.15) is 10.6 Å². The summed E-state index contributed by atoms with van der Waals surface area (Å²) in [4.78, 5) is 37.6. The van der Waals surface area contributed by atoms with Crippen molar-refractivity contribution in [2.24, 2.45) is 0 Å². The van der Waals surface area contributed by atoms with Gasteiger partial charge in [-0.3, -0.25) is 25.2 Å². The van der Waals surface area contributed by atoms with Crippen LogP contribution >= 0.6 is 38.9 Å². The summed E-state index contributed by atoms with van der Waals surface area (Å²) in [5.41, 5.74) is 6.05. The fraction of sp³-hybridized carbons (Fsp3) is 0.0417. The Hall–Kier alpha value is -3.40. The molecule has 0 aliphatic rings. The lowest BCUT2D eigenvalue weighted by molar-refractivity contribution is 0.0849. The molecule has 0 radical (unpaired) electrons. The third kappa shape index (κ3) is 5.22. The largest absolute Gasteiger partial charge is 0.497 e. The highest BCUT2D eigenvalue weighted by Crippen LogP contribution is 2.36. The van der Waals surface area contributed by atoms with Gasteiger partial charge < -0.3 is 10.1 Å². The summed E-state index contributed by atoms with van der Waals surface area (Å²) in [6, 6.07) is 18.5. The minimum absolute atomic E-state index is 0.292. The normalized spacial score (nSPS) is 10.6. The molecule has 0 spiro atoms. The number of rotatable bonds is 5. The lowest BCUT2D eigenvalue weighted by Gasteiger charge is -2.09. The number of amides is 3. The number of benzene rings is 3. The molecule has 3 amide bonds. The number of hydrogen-bond acceptors (Lipinski definition) is 5. The standard InChI is InChI=1S/C24H17BrClN3O4S/c1-33-17-9-4-13(5-10-17)22(30)27-16-7-2-14(3-8-16)23(31)28-29-24(32)21-20(26)18-11-6-15(25)12-19(18)34-21/h2-12H,1H3,(H,27,30)(H,28,31)(H,29,32). The van der Waals surface area contributed by atoms with E-state index in [1.54, 1.807) is 43.5 Å². The van der Waals surface area contributed by atoms with E-state index in [0.29, 0.717) is 32.5 Å². The molecule has 3 N–H and O–H groups in total. The number of fused-ring (bicyclic) bond motifs is 1. The smallest absolute Gasteiger partial charge is 0.281 e. The Kier molecular flexibility index (Phi) is 7.16. The Morgan fingerprint density at radius 1 is 0.853 bits per heavy atom. The first kappa shape index (κ1) is 23.7. The fourth-order valence-electron chi connectivity index (χ4n) is 3.08. The van der Waals surface area contributed by atoms with Gasteiger partial charge in [0.2, 0.25) is 0 Å². The molecule has 34 heavy (non-hydrogen) atoms. The van der Waals surface area contributed by atoms with Gasteiger partial charge in [-0.25, -0.2) is 0 Å². The minimum atomic E-state index is -0.515. The summed E-state index contributed by atoms with van der Waals surface area (Å²) in [6.45, 7) is 0. The number of hydrogen-bond donors (Lipinski definition) is 3. The van der Waals surface area contributed by atoms with Crippen molar-refractivity contribution in [3.63, 3.8) is 0 Å². The SMILES string of the molecule is COc1ccc(C(=O)Nc2ccc(C(=O)NNC(=O)c3sc4cc(Br)ccc4c3Cl)cc2)cc1. The summed E-state index contributed by atoms with van der Waals surface area (Å²) in [5.74, 6) is -0.665. The molecule has 0 saturated heterocycles. The number of carbonyl (C=O) groups is 3. The van der Waals surface area contributed by atoms with E-state index in [2.05, 4.69) is 32.1 Å². The van der Waals surface area contributed by atoms with Crippen molar-refractivity contribution >= 4 is 72.4 Å². The predicted octanol–water partition coefficient (Wildman–Crippen LogP) is 5.65. The molecule has 10 heteroatoms. The van der Waals surface area contributed by atoms with Gasteiger partial charge in [0, 0.05) is 31.4 Å². The second-order valence-corrected chi connectivity index (χ2v) is 9.40. The van der Waals surface area contributed by atoms with Crippen LogP contribution in [0.25, 0.3) is 10.1 Å². The molecule has 0 aliphatic heterocycles. The number of halogens is 2. The summed E-state index contributed by atoms with van der Waals surface area (Å²) in [6.07, 6.45) is 0. The van der Waals surface area contributed by atoms with Crippen LogP contribution in [0.3, 0.4) is 0 Å². The first-order valence-electron chi connectivity index (χ1n) is 9.89. The third-order valence-electron chi connectivity index (χ3n) is 4.84. The molecule has 1 aromatic heterocycles. The van der Waals surface area contributed by atoms with Gasteiger partial charge >= 0.3 is 0 Å². The van der Waals surface area contributed by atoms with Crippen molar-refractivity contribution < 1.29 is 19.1 Å². The van der Waals surface area contributed by atoms with Crippen molar-refractivity contribution in [3.05, 3.63) is 92.2 Å². The molecule has 4 aromatic rings. The molecule has 3 aromatic carbocycles. The number of methoxy groups -OCH3 is 1. The molecular formula is C24H17BrClN3O4S. The van der Waals surface area contributed by atoms with E-state index in [4.69, 9.17) is 16.3 Å². The molecule has 4 rings (SSSR count). The zero-order chi connectivity index (χ0) is 24.2. The maximum atomic E-state index is 12.5. The first-order valence-corrected chi connectivity index (χ1v) is 11.9. The summed E-state index contributed by atoms with van der Waals surface area (Å²) in [5, 5.41) is 3.85. The average Bonchev–Trinajstić information content (AvgIpc) is 3.18. The van der Waals surface area contributed by atoms with Crippen molar-refractivity contribution in [2.45, 2.75) is 0 Å². The monoisotopic (exact) mass is 557 g/mol. The van der Waals surface area contributed by atoms with Crippen LogP contribution in [-0.4, -0.2) is 24.8 Å². The highest BCUT2D eigenvalue weighted by Gasteiger charge is 2.18. The molecule has 0 unspecified atom stereocenters. The summed E-state index contributed by atoms with van der Waals surface area (Å²) in [7, 11) is 1.55. The van der Waals surface area contributed by atoms with E-state index in [-0.39, 0.29) is 5.91 Å². The van der Waals surface area contributed by atoms with Crippen LogP contribution in [-0.2, 0) is 0 Å². The van der Waals surface area contributed by atoms with Crippen LogP contribution in [0.2, 0.25) is 5.02 Å². The minimum Gasteiger partial charge on any atom is -0.497 e. The summed E-state index contributed by atoms with van der Waals surface area (Å²) >= 11 is 11.0. The Balaban J connectivity index is 1.36. The van der Waals surface area contributed by atoms with Gasteiger partial charge in [-0.1, -0.05) is 33.6 Å². The molecule has 0 saturated carbocycles. The quantitative estimate of drug-likeness (QED) is 0.276. The van der Waals surface area contributed by atoms with Gasteiger partial charge in [-0.15, -0.1) is 11.3 Å². The Morgan fingerprint density at radius 3 is 2.15 bits per heavy atom. The molecule has 0 aliphatic carbocycles. The van der Waals surface area contributed by atoms with Crippen molar-refractivity contribution in [2.75, 3.05) is 12.4 Å². The Labute approximate surface area is 212 Å². The molecule has 0 atom stereocenters. The van der Waals surface area contributed by atoms with E-state index in [0.717, 1.165) is 14.6 Å². The number of carbonyl (C=O) groups excluding carboxylic acids is 3. The van der Waals surface area contributed by atoms with E-state index in [9.17, 15) is 14.4 Å². The van der Waals surface area contributed by atoms with E-state index >= 15 is 0 Å². The molecule has 0 fully saturated rings. The lowest BCUT2D eigenvalue weighted by Crippen LogP contribution is -2.41. The van der Waals surface area contributed by atoms with Crippen LogP contribution in [0.15, 0.2) is 71.2 Å².